The van der Waals surface area contributed by atoms with Gasteiger partial charge in [-0.15, -0.1) is 0 Å². The maximum absolute atomic E-state index is 2.35. The molecule has 0 heteroatoms. The van der Waals surface area contributed by atoms with Crippen LogP contribution in [0, 0.1) is 11.8 Å². The molecule has 0 N–H and O–H groups in total. The van der Waals surface area contributed by atoms with E-state index in [0.717, 1.165) is 11.8 Å². The monoisotopic (exact) mass is 154 g/mol. The van der Waals surface area contributed by atoms with Crippen LogP contribution in [0.15, 0.2) is 11.6 Å². The molecular formula is C11H22. The Balaban J connectivity index is 4.15. The van der Waals surface area contributed by atoms with E-state index in [9.17, 15) is 0 Å². The zero-order chi connectivity index (χ0) is 8.85. The molecule has 0 nitrogen and oxygen atoms in total. The lowest BCUT2D eigenvalue weighted by Crippen LogP contribution is -2.10. The first-order chi connectivity index (χ1) is 5.17. The molecular weight excluding hydrogens is 132 g/mol. The molecule has 0 saturated carbocycles. The zero-order valence-electron chi connectivity index (χ0n) is 8.65. The van der Waals surface area contributed by atoms with Crippen molar-refractivity contribution in [1.82, 2.24) is 0 Å². The summed E-state index contributed by atoms with van der Waals surface area (Å²) in [6.07, 6.45) is 4.83. The van der Waals surface area contributed by atoms with Gasteiger partial charge in [0.25, 0.3) is 0 Å². The highest BCUT2D eigenvalue weighted by Crippen LogP contribution is 2.25. The molecule has 0 heterocycles. The molecule has 0 fully saturated rings. The quantitative estimate of drug-likeness (QED) is 0.536. The summed E-state index contributed by atoms with van der Waals surface area (Å²) in [6, 6.07) is 0. The lowest BCUT2D eigenvalue weighted by molar-refractivity contribution is 0.387. The van der Waals surface area contributed by atoms with E-state index in [4.69, 9.17) is 0 Å². The number of allylic oxidation sites excluding steroid dienone is 2. The van der Waals surface area contributed by atoms with E-state index in [-0.39, 0.29) is 0 Å². The van der Waals surface area contributed by atoms with Crippen LogP contribution < -0.4 is 0 Å². The van der Waals surface area contributed by atoms with Crippen LogP contribution in [-0.4, -0.2) is 0 Å². The lowest BCUT2D eigenvalue weighted by Gasteiger charge is -2.22. The second kappa shape index (κ2) is 5.40. The SMILES string of the molecule is CC=C(C)C(CC)C(C)CC. The summed E-state index contributed by atoms with van der Waals surface area (Å²) >= 11 is 0. The molecule has 2 unspecified atom stereocenters. The van der Waals surface area contributed by atoms with E-state index in [1.165, 1.54) is 12.8 Å². The molecule has 0 bridgehead atoms. The van der Waals surface area contributed by atoms with Gasteiger partial charge in [-0.3, -0.25) is 0 Å². The van der Waals surface area contributed by atoms with Crippen molar-refractivity contribution in [2.75, 3.05) is 0 Å². The van der Waals surface area contributed by atoms with Crippen molar-refractivity contribution < 1.29 is 0 Å². The third kappa shape index (κ3) is 3.09. The molecule has 0 aliphatic heterocycles. The van der Waals surface area contributed by atoms with Crippen molar-refractivity contribution in [3.63, 3.8) is 0 Å². The highest BCUT2D eigenvalue weighted by molar-refractivity contribution is 5.02. The predicted octanol–water partition coefficient (Wildman–Crippen LogP) is 4.02. The second-order valence-corrected chi connectivity index (χ2v) is 3.43. The van der Waals surface area contributed by atoms with Crippen molar-refractivity contribution in [3.8, 4) is 0 Å². The Bertz CT molecular complexity index is 122. The molecule has 0 spiro atoms. The van der Waals surface area contributed by atoms with Crippen molar-refractivity contribution in [2.24, 2.45) is 11.8 Å². The van der Waals surface area contributed by atoms with Crippen LogP contribution in [0.5, 0.6) is 0 Å². The maximum Gasteiger partial charge on any atom is -0.0183 e. The van der Waals surface area contributed by atoms with Gasteiger partial charge in [0, 0.05) is 0 Å². The van der Waals surface area contributed by atoms with E-state index in [0.29, 0.717) is 0 Å². The van der Waals surface area contributed by atoms with Crippen LogP contribution in [-0.2, 0) is 0 Å². The molecule has 0 saturated heterocycles. The van der Waals surface area contributed by atoms with Gasteiger partial charge >= 0.3 is 0 Å². The largest absolute Gasteiger partial charge is 0.0884 e. The molecule has 0 aromatic heterocycles. The minimum absolute atomic E-state index is 0.810. The van der Waals surface area contributed by atoms with Gasteiger partial charge in [-0.25, -0.2) is 0 Å². The third-order valence-electron chi connectivity index (χ3n) is 2.81. The summed E-state index contributed by atoms with van der Waals surface area (Å²) < 4.78 is 0. The fourth-order valence-corrected chi connectivity index (χ4v) is 1.67. The molecule has 0 aliphatic rings. The first-order valence-corrected chi connectivity index (χ1v) is 4.80. The van der Waals surface area contributed by atoms with Crippen LogP contribution in [0.4, 0.5) is 0 Å². The van der Waals surface area contributed by atoms with Crippen LogP contribution in [0.3, 0.4) is 0 Å². The molecule has 0 radical (unpaired) electrons. The van der Waals surface area contributed by atoms with Gasteiger partial charge in [0.05, 0.1) is 0 Å². The predicted molar refractivity (Wildman–Crippen MR) is 52.7 cm³/mol. The van der Waals surface area contributed by atoms with Crippen LogP contribution in [0.2, 0.25) is 0 Å². The minimum atomic E-state index is 0.810. The fraction of sp³-hybridized carbons (Fsp3) is 0.818. The molecule has 11 heavy (non-hydrogen) atoms. The van der Waals surface area contributed by atoms with Crippen LogP contribution in [0.1, 0.15) is 47.5 Å². The van der Waals surface area contributed by atoms with Crippen molar-refractivity contribution in [1.29, 1.82) is 0 Å². The summed E-state index contributed by atoms with van der Waals surface area (Å²) in [5, 5.41) is 0. The number of hydrogen-bond donors (Lipinski definition) is 0. The highest BCUT2D eigenvalue weighted by Gasteiger charge is 2.14. The van der Waals surface area contributed by atoms with E-state index in [1.807, 2.05) is 0 Å². The van der Waals surface area contributed by atoms with E-state index >= 15 is 0 Å². The first-order valence-electron chi connectivity index (χ1n) is 4.80. The summed E-state index contributed by atoms with van der Waals surface area (Å²) in [4.78, 5) is 0. The zero-order valence-corrected chi connectivity index (χ0v) is 8.65. The molecule has 2 atom stereocenters. The topological polar surface area (TPSA) is 0 Å². The summed E-state index contributed by atoms with van der Waals surface area (Å²) in [6.45, 7) is 11.3. The van der Waals surface area contributed by atoms with E-state index < -0.39 is 0 Å². The van der Waals surface area contributed by atoms with Gasteiger partial charge in [-0.05, 0) is 32.1 Å². The Morgan fingerprint density at radius 1 is 1.27 bits per heavy atom. The molecule has 0 aliphatic carbocycles. The molecule has 0 amide bonds. The van der Waals surface area contributed by atoms with Crippen molar-refractivity contribution in [3.05, 3.63) is 11.6 Å². The smallest absolute Gasteiger partial charge is 0.0183 e. The van der Waals surface area contributed by atoms with Gasteiger partial charge in [-0.1, -0.05) is 38.8 Å². The van der Waals surface area contributed by atoms with Gasteiger partial charge < -0.3 is 0 Å². The molecule has 0 aromatic carbocycles. The Labute approximate surface area is 71.7 Å². The standard InChI is InChI=1S/C11H22/c1-6-9(4)11(8-3)10(5)7-2/h6,10-11H,7-8H2,1-5H3. The summed E-state index contributed by atoms with van der Waals surface area (Å²) in [7, 11) is 0. The van der Waals surface area contributed by atoms with Gasteiger partial charge in [0.1, 0.15) is 0 Å². The number of hydrogen-bond acceptors (Lipinski definition) is 0. The van der Waals surface area contributed by atoms with E-state index in [1.54, 1.807) is 5.57 Å². The Morgan fingerprint density at radius 3 is 2.09 bits per heavy atom. The Morgan fingerprint density at radius 2 is 1.82 bits per heavy atom. The van der Waals surface area contributed by atoms with Gasteiger partial charge in [-0.2, -0.15) is 0 Å². The Kier molecular flexibility index (Phi) is 5.27. The fourth-order valence-electron chi connectivity index (χ4n) is 1.67. The van der Waals surface area contributed by atoms with Crippen LogP contribution >= 0.6 is 0 Å². The first kappa shape index (κ1) is 10.7. The molecule has 0 aromatic rings. The highest BCUT2D eigenvalue weighted by atomic mass is 14.2. The summed E-state index contributed by atoms with van der Waals surface area (Å²) in [5.41, 5.74) is 1.56. The van der Waals surface area contributed by atoms with Crippen molar-refractivity contribution in [2.45, 2.75) is 47.5 Å². The number of rotatable bonds is 4. The van der Waals surface area contributed by atoms with Gasteiger partial charge in [0.2, 0.25) is 0 Å². The van der Waals surface area contributed by atoms with Gasteiger partial charge in [0.15, 0.2) is 0 Å². The average Bonchev–Trinajstić information content (AvgIpc) is 2.05. The third-order valence-corrected chi connectivity index (χ3v) is 2.81. The lowest BCUT2D eigenvalue weighted by atomic mass is 9.84. The molecule has 66 valence electrons. The Hall–Kier alpha value is -0.260. The summed E-state index contributed by atoms with van der Waals surface area (Å²) in [5.74, 6) is 1.65. The van der Waals surface area contributed by atoms with Crippen molar-refractivity contribution >= 4 is 0 Å². The second-order valence-electron chi connectivity index (χ2n) is 3.43. The minimum Gasteiger partial charge on any atom is -0.0884 e. The maximum atomic E-state index is 2.35. The normalized spacial score (nSPS) is 18.1. The average molecular weight is 154 g/mol. The van der Waals surface area contributed by atoms with Crippen LogP contribution in [0.25, 0.3) is 0 Å². The molecule has 0 rings (SSSR count). The van der Waals surface area contributed by atoms with E-state index in [2.05, 4.69) is 40.7 Å².